The van der Waals surface area contributed by atoms with Crippen molar-refractivity contribution >= 4 is 12.4 Å². The van der Waals surface area contributed by atoms with Gasteiger partial charge in [-0.1, -0.05) is 50.8 Å². The second-order valence-electron chi connectivity index (χ2n) is 4.40. The average molecular weight is 272 g/mol. The second kappa shape index (κ2) is 11.4. The van der Waals surface area contributed by atoms with Crippen LogP contribution in [0.5, 0.6) is 5.75 Å². The van der Waals surface area contributed by atoms with E-state index in [2.05, 4.69) is 24.4 Å². The summed E-state index contributed by atoms with van der Waals surface area (Å²) in [5, 5.41) is 3.47. The van der Waals surface area contributed by atoms with Crippen LogP contribution < -0.4 is 10.1 Å². The minimum atomic E-state index is 0. The molecule has 1 rings (SSSR count). The van der Waals surface area contributed by atoms with Crippen LogP contribution in [0.1, 0.15) is 44.6 Å². The number of rotatable bonds is 9. The fourth-order valence-corrected chi connectivity index (χ4v) is 1.93. The fourth-order valence-electron chi connectivity index (χ4n) is 1.93. The van der Waals surface area contributed by atoms with Crippen LogP contribution in [0.4, 0.5) is 0 Å². The van der Waals surface area contributed by atoms with Gasteiger partial charge in [-0.3, -0.25) is 0 Å². The molecule has 0 radical (unpaired) electrons. The molecule has 0 aliphatic carbocycles. The van der Waals surface area contributed by atoms with Crippen LogP contribution in [0, 0.1) is 0 Å². The standard InChI is InChI=1S/C15H25NO.ClH/c1-3-4-5-6-9-12-16-13-14-10-7-8-11-15(14)17-2;/h7-8,10-11,16H,3-6,9,12-13H2,1-2H3;1H. The quantitative estimate of drug-likeness (QED) is 0.681. The van der Waals surface area contributed by atoms with Gasteiger partial charge in [-0.2, -0.15) is 0 Å². The van der Waals surface area contributed by atoms with Crippen molar-refractivity contribution in [2.24, 2.45) is 0 Å². The van der Waals surface area contributed by atoms with E-state index in [1.54, 1.807) is 7.11 Å². The van der Waals surface area contributed by atoms with Gasteiger partial charge in [0.1, 0.15) is 5.75 Å². The Bertz CT molecular complexity index is 304. The van der Waals surface area contributed by atoms with Crippen molar-refractivity contribution in [3.8, 4) is 5.75 Å². The molecule has 0 atom stereocenters. The van der Waals surface area contributed by atoms with Crippen molar-refractivity contribution in [1.82, 2.24) is 5.32 Å². The summed E-state index contributed by atoms with van der Waals surface area (Å²) in [6.45, 7) is 4.25. The number of hydrogen-bond donors (Lipinski definition) is 1. The Labute approximate surface area is 118 Å². The minimum absolute atomic E-state index is 0. The van der Waals surface area contributed by atoms with E-state index in [4.69, 9.17) is 4.74 Å². The summed E-state index contributed by atoms with van der Waals surface area (Å²) in [6.07, 6.45) is 6.66. The first-order valence-electron chi connectivity index (χ1n) is 6.71. The lowest BCUT2D eigenvalue weighted by Gasteiger charge is -2.09. The average Bonchev–Trinajstić information content (AvgIpc) is 2.38. The third kappa shape index (κ3) is 6.87. The highest BCUT2D eigenvalue weighted by molar-refractivity contribution is 5.85. The van der Waals surface area contributed by atoms with Gasteiger partial charge >= 0.3 is 0 Å². The maximum atomic E-state index is 5.32. The molecular weight excluding hydrogens is 246 g/mol. The number of ether oxygens (including phenoxy) is 1. The predicted molar refractivity (Wildman–Crippen MR) is 80.7 cm³/mol. The lowest BCUT2D eigenvalue weighted by Crippen LogP contribution is -2.15. The molecule has 0 spiro atoms. The van der Waals surface area contributed by atoms with Gasteiger partial charge in [-0.15, -0.1) is 12.4 Å². The summed E-state index contributed by atoms with van der Waals surface area (Å²) in [5.41, 5.74) is 1.24. The monoisotopic (exact) mass is 271 g/mol. The van der Waals surface area contributed by atoms with Crippen LogP contribution in [0.3, 0.4) is 0 Å². The van der Waals surface area contributed by atoms with Crippen LogP contribution in [0.2, 0.25) is 0 Å². The Kier molecular flexibility index (Phi) is 10.9. The molecule has 3 heteroatoms. The largest absolute Gasteiger partial charge is 0.496 e. The van der Waals surface area contributed by atoms with Gasteiger partial charge in [-0.25, -0.2) is 0 Å². The highest BCUT2D eigenvalue weighted by Gasteiger charge is 1.99. The number of benzene rings is 1. The number of methoxy groups -OCH3 is 1. The van der Waals surface area contributed by atoms with E-state index >= 15 is 0 Å². The highest BCUT2D eigenvalue weighted by atomic mass is 35.5. The van der Waals surface area contributed by atoms with Gasteiger partial charge in [0.05, 0.1) is 7.11 Å². The van der Waals surface area contributed by atoms with Crippen molar-refractivity contribution in [3.63, 3.8) is 0 Å². The fraction of sp³-hybridized carbons (Fsp3) is 0.600. The van der Waals surface area contributed by atoms with Crippen LogP contribution in [-0.2, 0) is 6.54 Å². The van der Waals surface area contributed by atoms with Crippen molar-refractivity contribution in [1.29, 1.82) is 0 Å². The number of halogens is 1. The van der Waals surface area contributed by atoms with E-state index in [1.165, 1.54) is 37.7 Å². The first kappa shape index (κ1) is 17.3. The zero-order valence-electron chi connectivity index (χ0n) is 11.6. The normalized spacial score (nSPS) is 9.89. The minimum Gasteiger partial charge on any atom is -0.496 e. The summed E-state index contributed by atoms with van der Waals surface area (Å²) in [5.74, 6) is 0.978. The molecule has 0 aromatic heterocycles. The van der Waals surface area contributed by atoms with Crippen molar-refractivity contribution in [2.75, 3.05) is 13.7 Å². The summed E-state index contributed by atoms with van der Waals surface area (Å²) < 4.78 is 5.32. The Balaban J connectivity index is 0.00000289. The molecular formula is C15H26ClNO. The van der Waals surface area contributed by atoms with Gasteiger partial charge in [0.25, 0.3) is 0 Å². The van der Waals surface area contributed by atoms with Gasteiger partial charge in [0.15, 0.2) is 0 Å². The Morgan fingerprint density at radius 3 is 2.50 bits per heavy atom. The molecule has 18 heavy (non-hydrogen) atoms. The Hall–Kier alpha value is -0.730. The van der Waals surface area contributed by atoms with Crippen LogP contribution in [-0.4, -0.2) is 13.7 Å². The van der Waals surface area contributed by atoms with E-state index in [0.717, 1.165) is 18.8 Å². The Morgan fingerprint density at radius 1 is 1.06 bits per heavy atom. The third-order valence-electron chi connectivity index (χ3n) is 2.97. The predicted octanol–water partition coefficient (Wildman–Crippen LogP) is 4.18. The number of hydrogen-bond acceptors (Lipinski definition) is 2. The molecule has 0 fully saturated rings. The molecule has 0 bridgehead atoms. The third-order valence-corrected chi connectivity index (χ3v) is 2.97. The molecule has 0 aliphatic rings. The van der Waals surface area contributed by atoms with E-state index in [9.17, 15) is 0 Å². The summed E-state index contributed by atoms with van der Waals surface area (Å²) in [4.78, 5) is 0. The van der Waals surface area contributed by atoms with Gasteiger partial charge in [0, 0.05) is 12.1 Å². The van der Waals surface area contributed by atoms with Crippen LogP contribution in [0.15, 0.2) is 24.3 Å². The molecule has 0 aliphatic heterocycles. The highest BCUT2D eigenvalue weighted by Crippen LogP contribution is 2.16. The SMILES string of the molecule is CCCCCCCNCc1ccccc1OC.Cl. The smallest absolute Gasteiger partial charge is 0.123 e. The second-order valence-corrected chi connectivity index (χ2v) is 4.40. The zero-order valence-corrected chi connectivity index (χ0v) is 12.4. The van der Waals surface area contributed by atoms with Gasteiger partial charge in [0.2, 0.25) is 0 Å². The van der Waals surface area contributed by atoms with Crippen LogP contribution >= 0.6 is 12.4 Å². The molecule has 0 saturated carbocycles. The molecule has 0 saturated heterocycles. The lowest BCUT2D eigenvalue weighted by molar-refractivity contribution is 0.407. The molecule has 2 nitrogen and oxygen atoms in total. The van der Waals surface area contributed by atoms with E-state index < -0.39 is 0 Å². The van der Waals surface area contributed by atoms with E-state index in [0.29, 0.717) is 0 Å². The van der Waals surface area contributed by atoms with Crippen molar-refractivity contribution in [2.45, 2.75) is 45.6 Å². The van der Waals surface area contributed by atoms with E-state index in [-0.39, 0.29) is 12.4 Å². The van der Waals surface area contributed by atoms with Crippen LogP contribution in [0.25, 0.3) is 0 Å². The zero-order chi connectivity index (χ0) is 12.3. The number of nitrogens with one attached hydrogen (secondary N) is 1. The number of unbranched alkanes of at least 4 members (excludes halogenated alkanes) is 4. The summed E-state index contributed by atoms with van der Waals surface area (Å²) >= 11 is 0. The Morgan fingerprint density at radius 2 is 1.78 bits per heavy atom. The van der Waals surface area contributed by atoms with Gasteiger partial charge in [-0.05, 0) is 19.0 Å². The number of para-hydroxylation sites is 1. The maximum absolute atomic E-state index is 5.32. The molecule has 104 valence electrons. The molecule has 1 N–H and O–H groups in total. The maximum Gasteiger partial charge on any atom is 0.123 e. The topological polar surface area (TPSA) is 21.3 Å². The van der Waals surface area contributed by atoms with Crippen molar-refractivity contribution < 1.29 is 4.74 Å². The van der Waals surface area contributed by atoms with Gasteiger partial charge < -0.3 is 10.1 Å². The molecule has 0 amide bonds. The van der Waals surface area contributed by atoms with Crippen molar-refractivity contribution in [3.05, 3.63) is 29.8 Å². The summed E-state index contributed by atoms with van der Waals surface area (Å²) in [6, 6.07) is 8.19. The molecule has 0 heterocycles. The van der Waals surface area contributed by atoms with E-state index in [1.807, 2.05) is 12.1 Å². The lowest BCUT2D eigenvalue weighted by atomic mass is 10.1. The summed E-state index contributed by atoms with van der Waals surface area (Å²) in [7, 11) is 1.73. The first-order valence-corrected chi connectivity index (χ1v) is 6.71. The molecule has 0 unspecified atom stereocenters. The first-order chi connectivity index (χ1) is 8.38. The molecule has 1 aromatic rings. The molecule has 1 aromatic carbocycles.